The number of carbonyl (C=O) groups excluding carboxylic acids is 2. The Morgan fingerprint density at radius 1 is 0.972 bits per heavy atom. The van der Waals surface area contributed by atoms with Gasteiger partial charge in [0.15, 0.2) is 11.5 Å². The van der Waals surface area contributed by atoms with E-state index < -0.39 is 35.0 Å². The molecule has 1 fully saturated rings. The van der Waals surface area contributed by atoms with Crippen LogP contribution in [0.5, 0.6) is 0 Å². The summed E-state index contributed by atoms with van der Waals surface area (Å²) in [4.78, 5) is 37.8. The first-order valence-corrected chi connectivity index (χ1v) is 11.4. The van der Waals surface area contributed by atoms with E-state index in [1.807, 2.05) is 26.0 Å². The number of benzene rings is 2. The van der Waals surface area contributed by atoms with Gasteiger partial charge in [-0.25, -0.2) is 19.2 Å². The maximum atomic E-state index is 14.3. The van der Waals surface area contributed by atoms with E-state index in [4.69, 9.17) is 4.74 Å². The summed E-state index contributed by atoms with van der Waals surface area (Å²) in [5.74, 6) is -2.24. The molecule has 2 heterocycles. The van der Waals surface area contributed by atoms with E-state index in [2.05, 4.69) is 9.97 Å². The number of aryl methyl sites for hydroxylation is 2. The van der Waals surface area contributed by atoms with Crippen molar-refractivity contribution in [2.24, 2.45) is 0 Å². The summed E-state index contributed by atoms with van der Waals surface area (Å²) < 4.78 is 58.0. The number of hydrogen-bond acceptors (Lipinski definition) is 6. The van der Waals surface area contributed by atoms with Crippen LogP contribution in [-0.2, 0) is 10.9 Å². The first-order valence-electron chi connectivity index (χ1n) is 11.4. The quantitative estimate of drug-likeness (QED) is 0.384. The SMILES string of the molecule is CCOC(=O)c1nc2cc(C)c(C)cc2nc1N1CCN(C(=O)c2ccc(C(F)(F)F)cc2F)CC1. The van der Waals surface area contributed by atoms with E-state index in [0.29, 0.717) is 29.0 Å². The van der Waals surface area contributed by atoms with E-state index in [1.54, 1.807) is 11.8 Å². The standard InChI is InChI=1S/C25H24F4N4O3/c1-4-36-24(35)21-22(31-20-12-15(3)14(2)11-19(20)30-21)32-7-9-33(10-8-32)23(34)17-6-5-16(13-18(17)26)25(27,28)29/h5-6,11-13H,4,7-10H2,1-3H3. The van der Waals surface area contributed by atoms with Gasteiger partial charge in [0.1, 0.15) is 5.82 Å². The van der Waals surface area contributed by atoms with Crippen molar-refractivity contribution < 1.29 is 31.9 Å². The number of aromatic nitrogens is 2. The molecule has 11 heteroatoms. The molecule has 0 unspecified atom stereocenters. The fraction of sp³-hybridized carbons (Fsp3) is 0.360. The molecule has 7 nitrogen and oxygen atoms in total. The summed E-state index contributed by atoms with van der Waals surface area (Å²) in [5, 5.41) is 0. The van der Waals surface area contributed by atoms with Crippen LogP contribution in [0.15, 0.2) is 30.3 Å². The number of piperazine rings is 1. The molecule has 0 bridgehead atoms. The molecule has 0 N–H and O–H groups in total. The van der Waals surface area contributed by atoms with Gasteiger partial charge in [0.05, 0.1) is 28.8 Å². The van der Waals surface area contributed by atoms with E-state index in [0.717, 1.165) is 17.2 Å². The first-order chi connectivity index (χ1) is 17.0. The van der Waals surface area contributed by atoms with Crippen LogP contribution in [-0.4, -0.2) is 59.5 Å². The Balaban J connectivity index is 1.58. The highest BCUT2D eigenvalue weighted by atomic mass is 19.4. The first kappa shape index (κ1) is 25.3. The minimum atomic E-state index is -4.71. The Morgan fingerprint density at radius 2 is 1.58 bits per heavy atom. The lowest BCUT2D eigenvalue weighted by atomic mass is 10.1. The van der Waals surface area contributed by atoms with E-state index in [1.165, 1.54) is 4.90 Å². The predicted octanol–water partition coefficient (Wildman–Crippen LogP) is 4.54. The molecule has 1 aliphatic rings. The maximum absolute atomic E-state index is 14.3. The topological polar surface area (TPSA) is 75.6 Å². The van der Waals surface area contributed by atoms with Crippen molar-refractivity contribution in [2.45, 2.75) is 26.9 Å². The minimum absolute atomic E-state index is 0.0566. The number of nitrogens with zero attached hydrogens (tertiary/aromatic N) is 4. The number of esters is 1. The lowest BCUT2D eigenvalue weighted by Gasteiger charge is -2.36. The minimum Gasteiger partial charge on any atom is -0.461 e. The van der Waals surface area contributed by atoms with Crippen molar-refractivity contribution in [3.8, 4) is 0 Å². The summed E-state index contributed by atoms with van der Waals surface area (Å²) in [7, 11) is 0. The molecule has 0 aliphatic carbocycles. The highest BCUT2D eigenvalue weighted by Crippen LogP contribution is 2.31. The van der Waals surface area contributed by atoms with Crippen LogP contribution in [0.25, 0.3) is 11.0 Å². The largest absolute Gasteiger partial charge is 0.461 e. The van der Waals surface area contributed by atoms with Gasteiger partial charge in [0, 0.05) is 26.2 Å². The number of amides is 1. The number of halogens is 4. The molecule has 2 aromatic carbocycles. The highest BCUT2D eigenvalue weighted by Gasteiger charge is 2.33. The second-order valence-corrected chi connectivity index (χ2v) is 8.51. The van der Waals surface area contributed by atoms with Crippen molar-refractivity contribution in [3.63, 3.8) is 0 Å². The molecule has 190 valence electrons. The molecule has 1 aromatic heterocycles. The molecule has 3 aromatic rings. The van der Waals surface area contributed by atoms with Crippen LogP contribution < -0.4 is 4.90 Å². The van der Waals surface area contributed by atoms with Gasteiger partial charge in [-0.05, 0) is 62.2 Å². The smallest absolute Gasteiger partial charge is 0.416 e. The number of alkyl halides is 3. The predicted molar refractivity (Wildman–Crippen MR) is 124 cm³/mol. The Bertz CT molecular complexity index is 1340. The Morgan fingerprint density at radius 3 is 2.14 bits per heavy atom. The number of carbonyl (C=O) groups is 2. The summed E-state index contributed by atoms with van der Waals surface area (Å²) in [5.41, 5.74) is 1.64. The fourth-order valence-corrected chi connectivity index (χ4v) is 4.02. The average molecular weight is 504 g/mol. The van der Waals surface area contributed by atoms with Crippen molar-refractivity contribution in [1.82, 2.24) is 14.9 Å². The molecule has 0 saturated carbocycles. The van der Waals surface area contributed by atoms with Crippen molar-refractivity contribution in [2.75, 3.05) is 37.7 Å². The van der Waals surface area contributed by atoms with Crippen molar-refractivity contribution in [3.05, 3.63) is 64.1 Å². The van der Waals surface area contributed by atoms with Crippen LogP contribution >= 0.6 is 0 Å². The number of anilines is 1. The van der Waals surface area contributed by atoms with Gasteiger partial charge in [-0.1, -0.05) is 0 Å². The van der Waals surface area contributed by atoms with E-state index in [-0.39, 0.29) is 38.5 Å². The number of rotatable bonds is 4. The second kappa shape index (κ2) is 9.71. The van der Waals surface area contributed by atoms with Crippen LogP contribution in [0.2, 0.25) is 0 Å². The van der Waals surface area contributed by atoms with Crippen LogP contribution in [0.1, 0.15) is 44.5 Å². The van der Waals surface area contributed by atoms with Gasteiger partial charge in [-0.2, -0.15) is 13.2 Å². The zero-order valence-corrected chi connectivity index (χ0v) is 19.9. The molecular formula is C25H24F4N4O3. The second-order valence-electron chi connectivity index (χ2n) is 8.51. The van der Waals surface area contributed by atoms with Gasteiger partial charge in [-0.3, -0.25) is 4.79 Å². The van der Waals surface area contributed by atoms with Crippen molar-refractivity contribution in [1.29, 1.82) is 0 Å². The molecule has 1 saturated heterocycles. The Hall–Kier alpha value is -3.76. The monoisotopic (exact) mass is 504 g/mol. The molecule has 1 amide bonds. The van der Waals surface area contributed by atoms with Gasteiger partial charge in [-0.15, -0.1) is 0 Å². The summed E-state index contributed by atoms with van der Waals surface area (Å²) in [6.45, 7) is 6.53. The zero-order chi connectivity index (χ0) is 26.2. The zero-order valence-electron chi connectivity index (χ0n) is 19.9. The molecular weight excluding hydrogens is 480 g/mol. The molecule has 4 rings (SSSR count). The van der Waals surface area contributed by atoms with Gasteiger partial charge in [0.25, 0.3) is 5.91 Å². The Kier molecular flexibility index (Phi) is 6.83. The summed E-state index contributed by atoms with van der Waals surface area (Å²) >= 11 is 0. The number of ether oxygens (including phenoxy) is 1. The summed E-state index contributed by atoms with van der Waals surface area (Å²) in [6, 6.07) is 5.59. The molecule has 1 aliphatic heterocycles. The highest BCUT2D eigenvalue weighted by molar-refractivity contribution is 5.96. The van der Waals surface area contributed by atoms with Gasteiger partial charge >= 0.3 is 12.1 Å². The van der Waals surface area contributed by atoms with Gasteiger partial charge in [0.2, 0.25) is 0 Å². The number of hydrogen-bond donors (Lipinski definition) is 0. The van der Waals surface area contributed by atoms with E-state index >= 15 is 0 Å². The van der Waals surface area contributed by atoms with Crippen LogP contribution in [0, 0.1) is 19.7 Å². The average Bonchev–Trinajstić information content (AvgIpc) is 2.83. The molecule has 0 atom stereocenters. The summed E-state index contributed by atoms with van der Waals surface area (Å²) in [6.07, 6.45) is -4.71. The normalized spacial score (nSPS) is 14.3. The molecule has 0 spiro atoms. The van der Waals surface area contributed by atoms with Crippen LogP contribution in [0.4, 0.5) is 23.4 Å². The van der Waals surface area contributed by atoms with Gasteiger partial charge < -0.3 is 14.5 Å². The number of fused-ring (bicyclic) bond motifs is 1. The van der Waals surface area contributed by atoms with E-state index in [9.17, 15) is 27.2 Å². The Labute approximate surface area is 204 Å². The molecule has 0 radical (unpaired) electrons. The lowest BCUT2D eigenvalue weighted by Crippen LogP contribution is -2.49. The third-order valence-corrected chi connectivity index (χ3v) is 6.12. The molecule has 36 heavy (non-hydrogen) atoms. The maximum Gasteiger partial charge on any atom is 0.416 e. The lowest BCUT2D eigenvalue weighted by molar-refractivity contribution is -0.137. The fourth-order valence-electron chi connectivity index (χ4n) is 4.02. The third-order valence-electron chi connectivity index (χ3n) is 6.12. The van der Waals surface area contributed by atoms with Crippen molar-refractivity contribution >= 4 is 28.7 Å². The third kappa shape index (κ3) is 4.95. The van der Waals surface area contributed by atoms with Crippen LogP contribution in [0.3, 0.4) is 0 Å².